The zero-order chi connectivity index (χ0) is 32.8. The van der Waals surface area contributed by atoms with Crippen LogP contribution in [0.25, 0.3) is 0 Å². The number of nitrogens with zero attached hydrogens (tertiary/aromatic N) is 2. The summed E-state index contributed by atoms with van der Waals surface area (Å²) in [5, 5.41) is 11.2. The summed E-state index contributed by atoms with van der Waals surface area (Å²) in [6, 6.07) is 14.3. The van der Waals surface area contributed by atoms with E-state index in [0.29, 0.717) is 27.4 Å². The van der Waals surface area contributed by atoms with Crippen LogP contribution >= 0.6 is 23.2 Å². The highest BCUT2D eigenvalue weighted by atomic mass is 35.5. The predicted molar refractivity (Wildman–Crippen MR) is 168 cm³/mol. The molecule has 2 aliphatic heterocycles. The Kier molecular flexibility index (Phi) is 6.99. The van der Waals surface area contributed by atoms with Crippen LogP contribution in [0.2, 0.25) is 10.0 Å². The van der Waals surface area contributed by atoms with Gasteiger partial charge in [0.15, 0.2) is 5.78 Å². The van der Waals surface area contributed by atoms with Crippen molar-refractivity contribution in [1.82, 2.24) is 0 Å². The highest BCUT2D eigenvalue weighted by Crippen LogP contribution is 2.64. The molecular weight excluding hydrogens is 634 g/mol. The number of halogens is 3. The summed E-state index contributed by atoms with van der Waals surface area (Å²) in [5.74, 6) is -6.90. The van der Waals surface area contributed by atoms with Gasteiger partial charge in [-0.25, -0.2) is 9.29 Å². The number of fused-ring (bicyclic) bond motifs is 4. The number of Topliss-reactive ketones (excluding diaryl/α,β-unsaturated/α-hetero) is 1. The zero-order valence-electron chi connectivity index (χ0n) is 24.7. The van der Waals surface area contributed by atoms with Gasteiger partial charge in [0.2, 0.25) is 23.6 Å². The van der Waals surface area contributed by atoms with Gasteiger partial charge in [-0.3, -0.25) is 28.9 Å². The highest BCUT2D eigenvalue weighted by molar-refractivity contribution is 6.32. The highest BCUT2D eigenvalue weighted by Gasteiger charge is 2.68. The molecule has 1 saturated carbocycles. The molecule has 0 aromatic heterocycles. The minimum absolute atomic E-state index is 0.0907. The number of amides is 4. The first kappa shape index (κ1) is 30.3. The molecule has 46 heavy (non-hydrogen) atoms. The third-order valence-corrected chi connectivity index (χ3v) is 10.8. The number of phenolic OH excluding ortho intramolecular Hbond substituents is 1. The summed E-state index contributed by atoms with van der Waals surface area (Å²) in [7, 11) is 0. The Hall–Kier alpha value is -4.34. The standard InChI is InChI=1S/C35H27Cl2FN2O6/c1-16(41)17-3-6-19(7-4-17)39-31(43)22-10-9-21-23(29(22)33(39)45)15-25-32(44)40(20-8-11-27(38)26(37)14-20)34(46)35(25,2)30(21)24-13-18(36)5-12-28(24)42/h3-9,11-14,22-23,25,29-30,42H,10,15H2,1-2H3. The van der Waals surface area contributed by atoms with Crippen molar-refractivity contribution < 1.29 is 33.5 Å². The quantitative estimate of drug-likeness (QED) is 0.195. The number of benzene rings is 3. The molecule has 3 fully saturated rings. The summed E-state index contributed by atoms with van der Waals surface area (Å²) < 4.78 is 14.1. The van der Waals surface area contributed by atoms with Gasteiger partial charge in [-0.2, -0.15) is 0 Å². The number of carbonyl (C=O) groups is 5. The van der Waals surface area contributed by atoms with Crippen molar-refractivity contribution in [3.8, 4) is 5.75 Å². The normalized spacial score (nSPS) is 28.6. The molecule has 2 saturated heterocycles. The van der Waals surface area contributed by atoms with Crippen LogP contribution in [-0.2, 0) is 19.2 Å². The molecule has 6 unspecified atom stereocenters. The van der Waals surface area contributed by atoms with Crippen molar-refractivity contribution >= 4 is 64.0 Å². The number of allylic oxidation sites excluding steroid dienone is 2. The number of carbonyl (C=O) groups excluding carboxylic acids is 5. The van der Waals surface area contributed by atoms with Crippen molar-refractivity contribution in [1.29, 1.82) is 0 Å². The Morgan fingerprint density at radius 2 is 1.59 bits per heavy atom. The Labute approximate surface area is 273 Å². The number of imide groups is 2. The molecule has 11 heteroatoms. The first-order chi connectivity index (χ1) is 21.8. The number of ketones is 1. The lowest BCUT2D eigenvalue weighted by molar-refractivity contribution is -0.131. The Morgan fingerprint density at radius 3 is 2.26 bits per heavy atom. The van der Waals surface area contributed by atoms with Crippen LogP contribution in [0, 0.1) is 34.9 Å². The minimum atomic E-state index is -1.43. The van der Waals surface area contributed by atoms with Gasteiger partial charge in [-0.05, 0) is 93.3 Å². The predicted octanol–water partition coefficient (Wildman–Crippen LogP) is 6.48. The lowest BCUT2D eigenvalue weighted by Gasteiger charge is -2.49. The van der Waals surface area contributed by atoms with E-state index in [0.717, 1.165) is 15.9 Å². The molecule has 1 N–H and O–H groups in total. The third kappa shape index (κ3) is 4.21. The van der Waals surface area contributed by atoms with E-state index >= 15 is 0 Å². The second kappa shape index (κ2) is 10.6. The molecule has 3 aromatic carbocycles. The maximum atomic E-state index is 14.5. The summed E-state index contributed by atoms with van der Waals surface area (Å²) in [6.45, 7) is 3.09. The van der Waals surface area contributed by atoms with Crippen molar-refractivity contribution in [2.45, 2.75) is 32.6 Å². The summed E-state index contributed by atoms with van der Waals surface area (Å²) in [4.78, 5) is 70.6. The molecule has 0 radical (unpaired) electrons. The lowest BCUT2D eigenvalue weighted by Crippen LogP contribution is -2.48. The van der Waals surface area contributed by atoms with Gasteiger partial charge in [-0.15, -0.1) is 0 Å². The molecule has 6 atom stereocenters. The van der Waals surface area contributed by atoms with E-state index < -0.39 is 58.5 Å². The van der Waals surface area contributed by atoms with E-state index in [1.54, 1.807) is 37.3 Å². The average Bonchev–Trinajstić information content (AvgIpc) is 3.39. The molecular formula is C35H27Cl2FN2O6. The second-order valence-corrected chi connectivity index (χ2v) is 13.4. The first-order valence-corrected chi connectivity index (χ1v) is 15.6. The number of aromatic hydroxyl groups is 1. The fourth-order valence-electron chi connectivity index (χ4n) is 8.09. The molecule has 8 nitrogen and oxygen atoms in total. The Morgan fingerprint density at radius 1 is 0.891 bits per heavy atom. The number of phenols is 1. The van der Waals surface area contributed by atoms with Gasteiger partial charge in [0.05, 0.1) is 39.6 Å². The van der Waals surface area contributed by atoms with Gasteiger partial charge in [0, 0.05) is 22.1 Å². The van der Waals surface area contributed by atoms with Gasteiger partial charge in [0.25, 0.3) is 0 Å². The molecule has 4 amide bonds. The molecule has 2 heterocycles. The van der Waals surface area contributed by atoms with E-state index in [1.807, 2.05) is 6.08 Å². The second-order valence-electron chi connectivity index (χ2n) is 12.6. The zero-order valence-corrected chi connectivity index (χ0v) is 26.2. The fraction of sp³-hybridized carbons (Fsp3) is 0.286. The van der Waals surface area contributed by atoms with Gasteiger partial charge < -0.3 is 5.11 Å². The monoisotopic (exact) mass is 660 g/mol. The Bertz CT molecular complexity index is 1930. The van der Waals surface area contributed by atoms with Gasteiger partial charge in [0.1, 0.15) is 11.6 Å². The largest absolute Gasteiger partial charge is 0.508 e. The molecule has 234 valence electrons. The number of hydrogen-bond acceptors (Lipinski definition) is 6. The molecule has 4 aliphatic rings. The van der Waals surface area contributed by atoms with Crippen molar-refractivity contribution in [3.05, 3.63) is 99.3 Å². The fourth-order valence-corrected chi connectivity index (χ4v) is 8.44. The van der Waals surface area contributed by atoms with E-state index in [1.165, 1.54) is 31.2 Å². The van der Waals surface area contributed by atoms with Gasteiger partial charge >= 0.3 is 0 Å². The van der Waals surface area contributed by atoms with Crippen LogP contribution in [0.3, 0.4) is 0 Å². The van der Waals surface area contributed by atoms with E-state index in [4.69, 9.17) is 23.2 Å². The lowest BCUT2D eigenvalue weighted by atomic mass is 9.51. The SMILES string of the molecule is CC(=O)c1ccc(N2C(=O)C3CC=C4C(CC5C(=O)N(c6ccc(F)c(Cl)c6)C(=O)C5(C)C4c4cc(Cl)ccc4O)C3C2=O)cc1. The summed E-state index contributed by atoms with van der Waals surface area (Å²) >= 11 is 12.4. The Balaban J connectivity index is 1.36. The third-order valence-electron chi connectivity index (χ3n) is 10.3. The average molecular weight is 662 g/mol. The smallest absolute Gasteiger partial charge is 0.241 e. The van der Waals surface area contributed by atoms with Crippen LogP contribution in [0.15, 0.2) is 72.3 Å². The first-order valence-electron chi connectivity index (χ1n) is 14.8. The van der Waals surface area contributed by atoms with Crippen LogP contribution in [-0.4, -0.2) is 34.5 Å². The maximum absolute atomic E-state index is 14.5. The van der Waals surface area contributed by atoms with Crippen molar-refractivity contribution in [3.63, 3.8) is 0 Å². The number of hydrogen-bond donors (Lipinski definition) is 1. The molecule has 2 aliphatic carbocycles. The number of anilines is 2. The minimum Gasteiger partial charge on any atom is -0.508 e. The maximum Gasteiger partial charge on any atom is 0.241 e. The van der Waals surface area contributed by atoms with E-state index in [-0.39, 0.29) is 41.0 Å². The summed E-state index contributed by atoms with van der Waals surface area (Å²) in [6.07, 6.45) is 2.16. The molecule has 3 aromatic rings. The van der Waals surface area contributed by atoms with Crippen LogP contribution in [0.1, 0.15) is 48.5 Å². The van der Waals surface area contributed by atoms with Crippen LogP contribution in [0.5, 0.6) is 5.75 Å². The molecule has 0 spiro atoms. The van der Waals surface area contributed by atoms with E-state index in [2.05, 4.69) is 0 Å². The van der Waals surface area contributed by atoms with Crippen molar-refractivity contribution in [2.75, 3.05) is 9.80 Å². The van der Waals surface area contributed by atoms with Crippen LogP contribution in [0.4, 0.5) is 15.8 Å². The van der Waals surface area contributed by atoms with E-state index in [9.17, 15) is 33.5 Å². The topological polar surface area (TPSA) is 112 Å². The van der Waals surface area contributed by atoms with Gasteiger partial charge in [-0.1, -0.05) is 34.9 Å². The molecule has 7 rings (SSSR count). The molecule has 0 bridgehead atoms. The van der Waals surface area contributed by atoms with Crippen LogP contribution < -0.4 is 9.80 Å². The number of rotatable bonds is 4. The van der Waals surface area contributed by atoms with Crippen molar-refractivity contribution in [2.24, 2.45) is 29.1 Å². The summed E-state index contributed by atoms with van der Waals surface area (Å²) in [5.41, 5.74) is 0.454.